The molecule has 0 saturated carbocycles. The molecule has 4 heteroatoms. The zero-order valence-electron chi connectivity index (χ0n) is 10.7. The summed E-state index contributed by atoms with van der Waals surface area (Å²) in [4.78, 5) is 12.0. The summed E-state index contributed by atoms with van der Waals surface area (Å²) in [6.07, 6.45) is 0. The Balaban J connectivity index is 0.00000180. The minimum Gasteiger partial charge on any atom is -0.322 e. The zero-order chi connectivity index (χ0) is 12.8. The molecule has 0 aliphatic carbocycles. The summed E-state index contributed by atoms with van der Waals surface area (Å²) in [7, 11) is 1.90. The van der Waals surface area contributed by atoms with E-state index in [-0.39, 0.29) is 18.3 Å². The molecule has 0 spiro atoms. The second-order valence-corrected chi connectivity index (χ2v) is 4.05. The van der Waals surface area contributed by atoms with Crippen molar-refractivity contribution in [3.05, 3.63) is 65.7 Å². The van der Waals surface area contributed by atoms with E-state index in [9.17, 15) is 4.79 Å². The summed E-state index contributed by atoms with van der Waals surface area (Å²) in [5.41, 5.74) is 2.62. The lowest BCUT2D eigenvalue weighted by molar-refractivity contribution is 0.102. The van der Waals surface area contributed by atoms with Gasteiger partial charge >= 0.3 is 0 Å². The molecule has 2 rings (SSSR count). The molecule has 0 radical (unpaired) electrons. The molecule has 0 fully saturated rings. The SMILES string of the molecule is CNCc1cccc(NC(=O)c2ccccc2)c1.Cl. The van der Waals surface area contributed by atoms with E-state index in [1.54, 1.807) is 12.1 Å². The second kappa shape index (κ2) is 7.56. The van der Waals surface area contributed by atoms with Crippen molar-refractivity contribution in [1.29, 1.82) is 0 Å². The summed E-state index contributed by atoms with van der Waals surface area (Å²) in [5.74, 6) is -0.0859. The number of halogens is 1. The summed E-state index contributed by atoms with van der Waals surface area (Å²) in [6, 6.07) is 17.0. The summed E-state index contributed by atoms with van der Waals surface area (Å²) in [5, 5.41) is 5.97. The molecular formula is C15H17ClN2O. The Labute approximate surface area is 119 Å². The molecule has 2 N–H and O–H groups in total. The molecule has 2 aromatic carbocycles. The number of benzene rings is 2. The topological polar surface area (TPSA) is 41.1 Å². The van der Waals surface area contributed by atoms with Crippen LogP contribution in [0.1, 0.15) is 15.9 Å². The molecular weight excluding hydrogens is 260 g/mol. The maximum atomic E-state index is 12.0. The highest BCUT2D eigenvalue weighted by Gasteiger charge is 2.04. The highest BCUT2D eigenvalue weighted by atomic mass is 35.5. The predicted molar refractivity (Wildman–Crippen MR) is 80.8 cm³/mol. The zero-order valence-corrected chi connectivity index (χ0v) is 11.5. The van der Waals surface area contributed by atoms with Gasteiger partial charge in [0.2, 0.25) is 0 Å². The van der Waals surface area contributed by atoms with Gasteiger partial charge in [-0.05, 0) is 36.9 Å². The van der Waals surface area contributed by atoms with Crippen molar-refractivity contribution >= 4 is 24.0 Å². The summed E-state index contributed by atoms with van der Waals surface area (Å²) < 4.78 is 0. The normalized spacial score (nSPS) is 9.53. The average molecular weight is 277 g/mol. The third-order valence-electron chi connectivity index (χ3n) is 2.60. The molecule has 0 saturated heterocycles. The van der Waals surface area contributed by atoms with Crippen molar-refractivity contribution in [1.82, 2.24) is 5.32 Å². The lowest BCUT2D eigenvalue weighted by atomic mass is 10.1. The molecule has 0 aliphatic rings. The van der Waals surface area contributed by atoms with Crippen LogP contribution in [0.5, 0.6) is 0 Å². The molecule has 1 amide bonds. The van der Waals surface area contributed by atoms with E-state index < -0.39 is 0 Å². The quantitative estimate of drug-likeness (QED) is 0.901. The number of carbonyl (C=O) groups is 1. The minimum absolute atomic E-state index is 0. The largest absolute Gasteiger partial charge is 0.322 e. The highest BCUT2D eigenvalue weighted by Crippen LogP contribution is 2.12. The highest BCUT2D eigenvalue weighted by molar-refractivity contribution is 6.04. The van der Waals surface area contributed by atoms with Crippen LogP contribution in [0.4, 0.5) is 5.69 Å². The van der Waals surface area contributed by atoms with Crippen LogP contribution < -0.4 is 10.6 Å². The standard InChI is InChI=1S/C15H16N2O.ClH/c1-16-11-12-6-5-9-14(10-12)17-15(18)13-7-3-2-4-8-13;/h2-10,16H,11H2,1H3,(H,17,18);1H. The number of hydrogen-bond acceptors (Lipinski definition) is 2. The van der Waals surface area contributed by atoms with Crippen LogP contribution in [0.2, 0.25) is 0 Å². The Morgan fingerprint density at radius 1 is 1.05 bits per heavy atom. The third-order valence-corrected chi connectivity index (χ3v) is 2.60. The lowest BCUT2D eigenvalue weighted by Gasteiger charge is -2.07. The predicted octanol–water partition coefficient (Wildman–Crippen LogP) is 3.08. The average Bonchev–Trinajstić information content (AvgIpc) is 2.40. The second-order valence-electron chi connectivity index (χ2n) is 4.05. The van der Waals surface area contributed by atoms with Crippen molar-refractivity contribution in [3.8, 4) is 0 Å². The molecule has 0 heterocycles. The van der Waals surface area contributed by atoms with Gasteiger partial charge in [0.15, 0.2) is 0 Å². The van der Waals surface area contributed by atoms with Crippen LogP contribution in [-0.2, 0) is 6.54 Å². The van der Waals surface area contributed by atoms with Gasteiger partial charge in [0.25, 0.3) is 5.91 Å². The molecule has 0 aromatic heterocycles. The molecule has 0 atom stereocenters. The fourth-order valence-electron chi connectivity index (χ4n) is 1.76. The fourth-order valence-corrected chi connectivity index (χ4v) is 1.76. The van der Waals surface area contributed by atoms with Crippen LogP contribution in [0.15, 0.2) is 54.6 Å². The third kappa shape index (κ3) is 4.39. The van der Waals surface area contributed by atoms with Gasteiger partial charge in [0.05, 0.1) is 0 Å². The van der Waals surface area contributed by atoms with Crippen molar-refractivity contribution in [3.63, 3.8) is 0 Å². The summed E-state index contributed by atoms with van der Waals surface area (Å²) >= 11 is 0. The van der Waals surface area contributed by atoms with Crippen LogP contribution in [0, 0.1) is 0 Å². The van der Waals surface area contributed by atoms with E-state index in [0.717, 1.165) is 17.8 Å². The van der Waals surface area contributed by atoms with Gasteiger partial charge in [-0.15, -0.1) is 12.4 Å². The van der Waals surface area contributed by atoms with Crippen LogP contribution >= 0.6 is 12.4 Å². The van der Waals surface area contributed by atoms with Gasteiger partial charge < -0.3 is 10.6 Å². The minimum atomic E-state index is -0.0859. The maximum Gasteiger partial charge on any atom is 0.255 e. The van der Waals surface area contributed by atoms with E-state index in [4.69, 9.17) is 0 Å². The molecule has 0 bridgehead atoms. The van der Waals surface area contributed by atoms with E-state index in [1.165, 1.54) is 0 Å². The Hall–Kier alpha value is -1.84. The van der Waals surface area contributed by atoms with Gasteiger partial charge in [0.1, 0.15) is 0 Å². The first-order valence-electron chi connectivity index (χ1n) is 5.89. The van der Waals surface area contributed by atoms with Gasteiger partial charge in [0, 0.05) is 17.8 Å². The van der Waals surface area contributed by atoms with E-state index >= 15 is 0 Å². The van der Waals surface area contributed by atoms with Gasteiger partial charge in [-0.1, -0.05) is 30.3 Å². The van der Waals surface area contributed by atoms with Crippen LogP contribution in [0.25, 0.3) is 0 Å². The Bertz CT molecular complexity index is 529. The number of anilines is 1. The van der Waals surface area contributed by atoms with Gasteiger partial charge in [-0.3, -0.25) is 4.79 Å². The Morgan fingerprint density at radius 2 is 1.79 bits per heavy atom. The van der Waals surface area contributed by atoms with E-state index in [1.807, 2.05) is 49.5 Å². The molecule has 0 unspecified atom stereocenters. The summed E-state index contributed by atoms with van der Waals surface area (Å²) in [6.45, 7) is 0.787. The Kier molecular flexibility index (Phi) is 6.06. The number of amides is 1. The van der Waals surface area contributed by atoms with Gasteiger partial charge in [-0.25, -0.2) is 0 Å². The molecule has 2 aromatic rings. The smallest absolute Gasteiger partial charge is 0.255 e. The molecule has 19 heavy (non-hydrogen) atoms. The van der Waals surface area contributed by atoms with E-state index in [2.05, 4.69) is 10.6 Å². The fraction of sp³-hybridized carbons (Fsp3) is 0.133. The monoisotopic (exact) mass is 276 g/mol. The molecule has 100 valence electrons. The molecule has 0 aliphatic heterocycles. The first kappa shape index (κ1) is 15.2. The first-order valence-corrected chi connectivity index (χ1v) is 5.89. The van der Waals surface area contributed by atoms with Crippen molar-refractivity contribution < 1.29 is 4.79 Å². The first-order chi connectivity index (χ1) is 8.79. The van der Waals surface area contributed by atoms with Gasteiger partial charge in [-0.2, -0.15) is 0 Å². The molecule has 3 nitrogen and oxygen atoms in total. The van der Waals surface area contributed by atoms with Crippen molar-refractivity contribution in [2.75, 3.05) is 12.4 Å². The maximum absolute atomic E-state index is 12.0. The number of carbonyl (C=O) groups excluding carboxylic acids is 1. The number of nitrogens with one attached hydrogen (secondary N) is 2. The Morgan fingerprint density at radius 3 is 2.47 bits per heavy atom. The van der Waals surface area contributed by atoms with E-state index in [0.29, 0.717) is 5.56 Å². The number of rotatable bonds is 4. The van der Waals surface area contributed by atoms with Crippen LogP contribution in [-0.4, -0.2) is 13.0 Å². The number of hydrogen-bond donors (Lipinski definition) is 2. The van der Waals surface area contributed by atoms with Crippen molar-refractivity contribution in [2.45, 2.75) is 6.54 Å². The van der Waals surface area contributed by atoms with Crippen LogP contribution in [0.3, 0.4) is 0 Å². The lowest BCUT2D eigenvalue weighted by Crippen LogP contribution is -2.12. The van der Waals surface area contributed by atoms with Crippen molar-refractivity contribution in [2.24, 2.45) is 0 Å².